The van der Waals surface area contributed by atoms with Gasteiger partial charge in [-0.1, -0.05) is 12.7 Å². The van der Waals surface area contributed by atoms with E-state index in [1.165, 1.54) is 0 Å². The Morgan fingerprint density at radius 1 is 1.44 bits per heavy atom. The normalized spacial score (nSPS) is 21.8. The molecule has 0 aromatic heterocycles. The monoisotopic (exact) mass is 125 g/mol. The minimum absolute atomic E-state index is 0.932. The fourth-order valence-electron chi connectivity index (χ4n) is 1.04. The van der Waals surface area contributed by atoms with Gasteiger partial charge in [0.1, 0.15) is 0 Å². The molecule has 9 heavy (non-hydrogen) atoms. The van der Waals surface area contributed by atoms with Crippen LogP contribution in [0.4, 0.5) is 0 Å². The summed E-state index contributed by atoms with van der Waals surface area (Å²) in [5, 5.41) is 3.28. The molecular formula is C7H13N2. The lowest BCUT2D eigenvalue weighted by Crippen LogP contribution is -2.43. The van der Waals surface area contributed by atoms with Crippen molar-refractivity contribution in [2.75, 3.05) is 32.7 Å². The van der Waals surface area contributed by atoms with Gasteiger partial charge in [-0.25, -0.2) is 0 Å². The van der Waals surface area contributed by atoms with E-state index >= 15 is 0 Å². The molecule has 1 saturated heterocycles. The molecule has 1 aliphatic rings. The molecule has 0 saturated carbocycles. The van der Waals surface area contributed by atoms with Crippen LogP contribution in [0.15, 0.2) is 6.08 Å². The molecule has 1 aliphatic heterocycles. The molecule has 2 nitrogen and oxygen atoms in total. The van der Waals surface area contributed by atoms with Gasteiger partial charge in [-0.3, -0.25) is 4.90 Å². The number of nitrogens with zero attached hydrogens (tertiary/aromatic N) is 1. The number of nitrogens with one attached hydrogen (secondary N) is 1. The van der Waals surface area contributed by atoms with Crippen LogP contribution in [0.1, 0.15) is 0 Å². The van der Waals surface area contributed by atoms with Crippen molar-refractivity contribution in [1.82, 2.24) is 10.2 Å². The van der Waals surface area contributed by atoms with Gasteiger partial charge in [0.05, 0.1) is 0 Å². The van der Waals surface area contributed by atoms with Crippen LogP contribution in [0.25, 0.3) is 0 Å². The van der Waals surface area contributed by atoms with Gasteiger partial charge in [0.25, 0.3) is 0 Å². The Hall–Kier alpha value is -0.340. The van der Waals surface area contributed by atoms with Gasteiger partial charge in [-0.2, -0.15) is 0 Å². The molecule has 51 valence electrons. The van der Waals surface area contributed by atoms with Crippen LogP contribution in [0.5, 0.6) is 0 Å². The average Bonchev–Trinajstić information content (AvgIpc) is 1.91. The van der Waals surface area contributed by atoms with Crippen molar-refractivity contribution >= 4 is 0 Å². The molecule has 2 heteroatoms. The van der Waals surface area contributed by atoms with Crippen LogP contribution >= 0.6 is 0 Å². The van der Waals surface area contributed by atoms with Gasteiger partial charge in [-0.15, -0.1) is 0 Å². The summed E-state index contributed by atoms with van der Waals surface area (Å²) in [5.74, 6) is 0. The van der Waals surface area contributed by atoms with Crippen molar-refractivity contribution in [1.29, 1.82) is 0 Å². The number of rotatable bonds is 2. The third-order valence-corrected chi connectivity index (χ3v) is 1.57. The highest BCUT2D eigenvalue weighted by atomic mass is 15.2. The zero-order valence-corrected chi connectivity index (χ0v) is 5.64. The molecule has 0 aliphatic carbocycles. The number of piperazine rings is 1. The first kappa shape index (κ1) is 6.78. The lowest BCUT2D eigenvalue weighted by molar-refractivity contribution is 0.265. The number of hydrogen-bond acceptors (Lipinski definition) is 2. The quantitative estimate of drug-likeness (QED) is 0.553. The zero-order valence-electron chi connectivity index (χ0n) is 5.64. The van der Waals surface area contributed by atoms with Crippen LogP contribution in [-0.2, 0) is 0 Å². The maximum absolute atomic E-state index is 5.27. The molecule has 1 heterocycles. The number of hydrogen-bond donors (Lipinski definition) is 1. The van der Waals surface area contributed by atoms with Gasteiger partial charge in [0, 0.05) is 32.7 Å². The summed E-state index contributed by atoms with van der Waals surface area (Å²) in [6.45, 7) is 10.7. The molecule has 0 amide bonds. The third-order valence-electron chi connectivity index (χ3n) is 1.57. The Morgan fingerprint density at radius 2 is 2.11 bits per heavy atom. The molecule has 0 spiro atoms. The molecule has 0 aromatic rings. The lowest BCUT2D eigenvalue weighted by Gasteiger charge is -2.25. The zero-order chi connectivity index (χ0) is 6.53. The first-order valence-corrected chi connectivity index (χ1v) is 3.40. The van der Waals surface area contributed by atoms with E-state index in [1.54, 1.807) is 6.08 Å². The summed E-state index contributed by atoms with van der Waals surface area (Å²) in [4.78, 5) is 2.33. The highest BCUT2D eigenvalue weighted by molar-refractivity contribution is 4.74. The van der Waals surface area contributed by atoms with Gasteiger partial charge in [0.15, 0.2) is 0 Å². The molecule has 0 aromatic carbocycles. The Kier molecular flexibility index (Phi) is 2.74. The van der Waals surface area contributed by atoms with Crippen molar-refractivity contribution < 1.29 is 0 Å². The second-order valence-electron chi connectivity index (χ2n) is 2.29. The molecule has 1 fully saturated rings. The Balaban J connectivity index is 2.15. The van der Waals surface area contributed by atoms with Crippen molar-refractivity contribution in [3.63, 3.8) is 0 Å². The van der Waals surface area contributed by atoms with Gasteiger partial charge >= 0.3 is 0 Å². The van der Waals surface area contributed by atoms with E-state index in [9.17, 15) is 0 Å². The summed E-state index contributed by atoms with van der Waals surface area (Å²) in [6.07, 6.45) is 1.71. The van der Waals surface area contributed by atoms with E-state index < -0.39 is 0 Å². The van der Waals surface area contributed by atoms with Crippen LogP contribution < -0.4 is 5.32 Å². The highest BCUT2D eigenvalue weighted by Crippen LogP contribution is 1.89. The van der Waals surface area contributed by atoms with Crippen molar-refractivity contribution in [2.45, 2.75) is 0 Å². The van der Waals surface area contributed by atoms with Crippen LogP contribution in [0.3, 0.4) is 0 Å². The molecular weight excluding hydrogens is 112 g/mol. The first-order valence-electron chi connectivity index (χ1n) is 3.40. The largest absolute Gasteiger partial charge is 0.314 e. The molecule has 0 atom stereocenters. The minimum atomic E-state index is 0.932. The molecule has 0 bridgehead atoms. The Morgan fingerprint density at radius 3 is 2.67 bits per heavy atom. The second kappa shape index (κ2) is 3.64. The van der Waals surface area contributed by atoms with E-state index in [0.717, 1.165) is 32.7 Å². The Labute approximate surface area is 56.5 Å². The summed E-state index contributed by atoms with van der Waals surface area (Å²) < 4.78 is 0. The van der Waals surface area contributed by atoms with Crippen LogP contribution in [-0.4, -0.2) is 37.6 Å². The molecule has 1 rings (SSSR count). The Bertz CT molecular complexity index is 84.9. The SMILES string of the molecule is [CH]=CCN1CCNCC1. The van der Waals surface area contributed by atoms with Crippen molar-refractivity contribution in [3.05, 3.63) is 12.7 Å². The third kappa shape index (κ3) is 2.16. The molecule has 1 N–H and O–H groups in total. The topological polar surface area (TPSA) is 15.3 Å². The minimum Gasteiger partial charge on any atom is -0.314 e. The van der Waals surface area contributed by atoms with Crippen LogP contribution in [0.2, 0.25) is 0 Å². The van der Waals surface area contributed by atoms with Gasteiger partial charge in [0.2, 0.25) is 0 Å². The first-order chi connectivity index (χ1) is 4.43. The maximum Gasteiger partial charge on any atom is 0.0167 e. The lowest BCUT2D eigenvalue weighted by atomic mass is 10.3. The van der Waals surface area contributed by atoms with E-state index in [4.69, 9.17) is 6.58 Å². The summed E-state index contributed by atoms with van der Waals surface area (Å²) in [5.41, 5.74) is 0. The van der Waals surface area contributed by atoms with Crippen molar-refractivity contribution in [2.24, 2.45) is 0 Å². The van der Waals surface area contributed by atoms with E-state index in [2.05, 4.69) is 10.2 Å². The van der Waals surface area contributed by atoms with Crippen LogP contribution in [0, 0.1) is 6.58 Å². The predicted octanol–water partition coefficient (Wildman–Crippen LogP) is -0.119. The highest BCUT2D eigenvalue weighted by Gasteiger charge is 2.05. The standard InChI is InChI=1S/C7H13N2/c1-2-5-9-6-3-8-4-7-9/h1-2,8H,3-7H2. The second-order valence-corrected chi connectivity index (χ2v) is 2.29. The van der Waals surface area contributed by atoms with Gasteiger partial charge in [-0.05, 0) is 0 Å². The summed E-state index contributed by atoms with van der Waals surface area (Å²) in [6, 6.07) is 0. The molecule has 0 unspecified atom stereocenters. The van der Waals surface area contributed by atoms with E-state index in [0.29, 0.717) is 0 Å². The average molecular weight is 125 g/mol. The van der Waals surface area contributed by atoms with Crippen molar-refractivity contribution in [3.8, 4) is 0 Å². The van der Waals surface area contributed by atoms with Gasteiger partial charge < -0.3 is 5.32 Å². The smallest absolute Gasteiger partial charge is 0.0167 e. The summed E-state index contributed by atoms with van der Waals surface area (Å²) in [7, 11) is 0. The summed E-state index contributed by atoms with van der Waals surface area (Å²) >= 11 is 0. The fourth-order valence-corrected chi connectivity index (χ4v) is 1.04. The van der Waals surface area contributed by atoms with E-state index in [1.807, 2.05) is 0 Å². The molecule has 1 radical (unpaired) electrons. The fraction of sp³-hybridized carbons (Fsp3) is 0.714. The predicted molar refractivity (Wildman–Crippen MR) is 38.2 cm³/mol. The van der Waals surface area contributed by atoms with E-state index in [-0.39, 0.29) is 0 Å². The maximum atomic E-state index is 5.27.